The van der Waals surface area contributed by atoms with Crippen molar-refractivity contribution in [3.63, 3.8) is 0 Å². The molecule has 0 amide bonds. The Hall–Kier alpha value is -1.02. The van der Waals surface area contributed by atoms with Gasteiger partial charge in [0.1, 0.15) is 5.82 Å². The van der Waals surface area contributed by atoms with Crippen molar-refractivity contribution in [3.05, 3.63) is 29.6 Å². The van der Waals surface area contributed by atoms with Crippen molar-refractivity contribution in [3.8, 4) is 0 Å². The zero-order chi connectivity index (χ0) is 13.6. The molecule has 19 heavy (non-hydrogen) atoms. The van der Waals surface area contributed by atoms with E-state index >= 15 is 0 Å². The highest BCUT2D eigenvalue weighted by atomic mass is 35.5. The van der Waals surface area contributed by atoms with E-state index in [0.29, 0.717) is 6.04 Å². The average Bonchev–Trinajstić information content (AvgIpc) is 3.06. The van der Waals surface area contributed by atoms with Gasteiger partial charge in [0, 0.05) is 6.04 Å². The fraction of sp³-hybridized carbons (Fsp3) is 0.562. The summed E-state index contributed by atoms with van der Waals surface area (Å²) in [6, 6.07) is 6.88. The first kappa shape index (κ1) is 13.0. The molecule has 1 aliphatic rings. The maximum absolute atomic E-state index is 6.35. The zero-order valence-corrected chi connectivity index (χ0v) is 12.6. The van der Waals surface area contributed by atoms with E-state index in [4.69, 9.17) is 16.6 Å². The van der Waals surface area contributed by atoms with Crippen LogP contribution in [0, 0.1) is 12.8 Å². The van der Waals surface area contributed by atoms with Crippen LogP contribution in [-0.2, 0) is 0 Å². The number of aromatic nitrogens is 2. The van der Waals surface area contributed by atoms with Crippen LogP contribution in [0.3, 0.4) is 0 Å². The lowest BCUT2D eigenvalue weighted by atomic mass is 10.1. The number of fused-ring (bicyclic) bond motifs is 1. The van der Waals surface area contributed by atoms with Gasteiger partial charge >= 0.3 is 0 Å². The summed E-state index contributed by atoms with van der Waals surface area (Å²) in [6.45, 7) is 6.43. The number of hydrogen-bond donors (Lipinski definition) is 0. The molecule has 0 N–H and O–H groups in total. The van der Waals surface area contributed by atoms with E-state index in [0.717, 1.165) is 17.3 Å². The molecule has 0 saturated heterocycles. The Labute approximate surface area is 119 Å². The smallest absolute Gasteiger partial charge is 0.127 e. The molecule has 1 aliphatic carbocycles. The number of halogens is 1. The van der Waals surface area contributed by atoms with E-state index in [-0.39, 0.29) is 5.38 Å². The normalized spacial score (nSPS) is 18.7. The molecular formula is C16H21ClN2. The van der Waals surface area contributed by atoms with Gasteiger partial charge in [0.2, 0.25) is 0 Å². The first-order valence-corrected chi connectivity index (χ1v) is 7.63. The summed E-state index contributed by atoms with van der Waals surface area (Å²) in [5.74, 6) is 1.93. The third-order valence-electron chi connectivity index (χ3n) is 4.12. The Morgan fingerprint density at radius 2 is 2.11 bits per heavy atom. The molecule has 102 valence electrons. The van der Waals surface area contributed by atoms with Gasteiger partial charge in [-0.2, -0.15) is 0 Å². The predicted molar refractivity (Wildman–Crippen MR) is 80.8 cm³/mol. The number of hydrogen-bond acceptors (Lipinski definition) is 1. The van der Waals surface area contributed by atoms with Crippen LogP contribution < -0.4 is 0 Å². The van der Waals surface area contributed by atoms with Crippen LogP contribution in [-0.4, -0.2) is 9.55 Å². The Kier molecular flexibility index (Phi) is 3.30. The van der Waals surface area contributed by atoms with E-state index in [1.54, 1.807) is 0 Å². The second kappa shape index (κ2) is 4.82. The van der Waals surface area contributed by atoms with E-state index in [2.05, 4.69) is 36.6 Å². The van der Waals surface area contributed by atoms with Crippen molar-refractivity contribution in [2.45, 2.75) is 51.5 Å². The van der Waals surface area contributed by atoms with Crippen LogP contribution in [0.25, 0.3) is 11.0 Å². The minimum absolute atomic E-state index is 0.0477. The summed E-state index contributed by atoms with van der Waals surface area (Å²) >= 11 is 6.35. The first-order valence-electron chi connectivity index (χ1n) is 7.19. The fourth-order valence-corrected chi connectivity index (χ4v) is 3.11. The van der Waals surface area contributed by atoms with Crippen molar-refractivity contribution in [2.75, 3.05) is 0 Å². The Balaban J connectivity index is 2.12. The number of para-hydroxylation sites is 1. The number of benzene rings is 1. The summed E-state index contributed by atoms with van der Waals surface area (Å²) in [6.07, 6.45) is 4.03. The quantitative estimate of drug-likeness (QED) is 0.718. The van der Waals surface area contributed by atoms with Crippen LogP contribution in [0.2, 0.25) is 0 Å². The molecule has 0 aliphatic heterocycles. The Morgan fingerprint density at radius 1 is 1.37 bits per heavy atom. The van der Waals surface area contributed by atoms with Crippen molar-refractivity contribution >= 4 is 22.6 Å². The van der Waals surface area contributed by atoms with Gasteiger partial charge in [0.05, 0.1) is 16.4 Å². The van der Waals surface area contributed by atoms with Gasteiger partial charge < -0.3 is 4.57 Å². The van der Waals surface area contributed by atoms with Gasteiger partial charge in [-0.05, 0) is 44.7 Å². The van der Waals surface area contributed by atoms with E-state index < -0.39 is 0 Å². The predicted octanol–water partition coefficient (Wildman–Crippen LogP) is 5.01. The Morgan fingerprint density at radius 3 is 2.74 bits per heavy atom. The van der Waals surface area contributed by atoms with Gasteiger partial charge in [-0.3, -0.25) is 0 Å². The van der Waals surface area contributed by atoms with E-state index in [1.807, 2.05) is 6.92 Å². The summed E-state index contributed by atoms with van der Waals surface area (Å²) in [7, 11) is 0. The molecule has 1 aromatic heterocycles. The van der Waals surface area contributed by atoms with Crippen molar-refractivity contribution < 1.29 is 0 Å². The van der Waals surface area contributed by atoms with Gasteiger partial charge in [-0.1, -0.05) is 25.0 Å². The van der Waals surface area contributed by atoms with Crippen molar-refractivity contribution in [2.24, 2.45) is 5.92 Å². The topological polar surface area (TPSA) is 17.8 Å². The molecule has 3 heteroatoms. The summed E-state index contributed by atoms with van der Waals surface area (Å²) < 4.78 is 2.36. The molecule has 3 rings (SSSR count). The molecule has 1 heterocycles. The van der Waals surface area contributed by atoms with Crippen molar-refractivity contribution in [1.29, 1.82) is 0 Å². The van der Waals surface area contributed by atoms with Crippen molar-refractivity contribution in [1.82, 2.24) is 9.55 Å². The third kappa shape index (κ3) is 2.38. The molecule has 2 unspecified atom stereocenters. The van der Waals surface area contributed by atoms with Crippen LogP contribution in [0.5, 0.6) is 0 Å². The Bertz CT molecular complexity index is 596. The van der Waals surface area contributed by atoms with Gasteiger partial charge in [-0.15, -0.1) is 11.6 Å². The van der Waals surface area contributed by atoms with Crippen LogP contribution in [0.1, 0.15) is 55.9 Å². The second-order valence-electron chi connectivity index (χ2n) is 5.93. The first-order chi connectivity index (χ1) is 9.08. The number of rotatable bonds is 4. The highest BCUT2D eigenvalue weighted by Crippen LogP contribution is 2.39. The molecular weight excluding hydrogens is 256 g/mol. The number of aryl methyl sites for hydroxylation is 1. The molecule has 1 saturated carbocycles. The highest BCUT2D eigenvalue weighted by Gasteiger charge is 2.27. The standard InChI is InChI=1S/C16H21ClN2/c1-10-5-4-6-14-15(10)18-16(12(3)17)19(14)11(2)9-13-7-8-13/h4-6,11-13H,7-9H2,1-3H3. The van der Waals surface area contributed by atoms with Gasteiger partial charge in [0.25, 0.3) is 0 Å². The third-order valence-corrected chi connectivity index (χ3v) is 4.31. The molecule has 0 spiro atoms. The fourth-order valence-electron chi connectivity index (χ4n) is 2.96. The van der Waals surface area contributed by atoms with Gasteiger partial charge in [0.15, 0.2) is 0 Å². The summed E-state index contributed by atoms with van der Waals surface area (Å²) in [4.78, 5) is 4.79. The van der Waals surface area contributed by atoms with Crippen LogP contribution >= 0.6 is 11.6 Å². The lowest BCUT2D eigenvalue weighted by Crippen LogP contribution is -2.10. The largest absolute Gasteiger partial charge is 0.324 e. The lowest BCUT2D eigenvalue weighted by Gasteiger charge is -2.18. The molecule has 2 atom stereocenters. The minimum atomic E-state index is -0.0477. The maximum atomic E-state index is 6.35. The average molecular weight is 277 g/mol. The molecule has 0 radical (unpaired) electrons. The molecule has 1 fully saturated rings. The molecule has 2 aromatic rings. The van der Waals surface area contributed by atoms with E-state index in [9.17, 15) is 0 Å². The van der Waals surface area contributed by atoms with Gasteiger partial charge in [-0.25, -0.2) is 4.98 Å². The lowest BCUT2D eigenvalue weighted by molar-refractivity contribution is 0.472. The minimum Gasteiger partial charge on any atom is -0.324 e. The SMILES string of the molecule is Cc1cccc2c1nc(C(C)Cl)n2C(C)CC1CC1. The maximum Gasteiger partial charge on any atom is 0.127 e. The van der Waals surface area contributed by atoms with Crippen LogP contribution in [0.4, 0.5) is 0 Å². The molecule has 1 aromatic carbocycles. The zero-order valence-electron chi connectivity index (χ0n) is 11.9. The monoisotopic (exact) mass is 276 g/mol. The van der Waals surface area contributed by atoms with E-state index in [1.165, 1.54) is 30.3 Å². The number of alkyl halides is 1. The molecule has 0 bridgehead atoms. The summed E-state index contributed by atoms with van der Waals surface area (Å²) in [5.41, 5.74) is 3.57. The highest BCUT2D eigenvalue weighted by molar-refractivity contribution is 6.20. The molecule has 2 nitrogen and oxygen atoms in total. The number of imidazole rings is 1. The number of nitrogens with zero attached hydrogens (tertiary/aromatic N) is 2. The van der Waals surface area contributed by atoms with Crippen LogP contribution in [0.15, 0.2) is 18.2 Å². The summed E-state index contributed by atoms with van der Waals surface area (Å²) in [5, 5.41) is -0.0477. The second-order valence-corrected chi connectivity index (χ2v) is 6.58.